The summed E-state index contributed by atoms with van der Waals surface area (Å²) in [6.45, 7) is 0. The molecule has 0 bridgehead atoms. The van der Waals surface area contributed by atoms with Crippen molar-refractivity contribution in [3.8, 4) is 0 Å². The van der Waals surface area contributed by atoms with Gasteiger partial charge in [-0.3, -0.25) is 0 Å². The second kappa shape index (κ2) is 5.25. The van der Waals surface area contributed by atoms with Crippen molar-refractivity contribution >= 4 is 47.1 Å². The summed E-state index contributed by atoms with van der Waals surface area (Å²) in [7, 11) is 0. The SMILES string of the molecule is O=C(/C=C/c1cc(Cl)cc(Cl)c1)OCl. The van der Waals surface area contributed by atoms with Gasteiger partial charge in [0.25, 0.3) is 0 Å². The van der Waals surface area contributed by atoms with Gasteiger partial charge in [0, 0.05) is 16.1 Å². The molecule has 0 aliphatic heterocycles. The van der Waals surface area contributed by atoms with Crippen LogP contribution in [0.15, 0.2) is 24.3 Å². The minimum absolute atomic E-state index is 0.497. The molecule has 0 aliphatic rings. The van der Waals surface area contributed by atoms with Crippen LogP contribution < -0.4 is 0 Å². The topological polar surface area (TPSA) is 26.3 Å². The van der Waals surface area contributed by atoms with E-state index >= 15 is 0 Å². The molecule has 0 amide bonds. The summed E-state index contributed by atoms with van der Waals surface area (Å²) in [4.78, 5) is 10.6. The van der Waals surface area contributed by atoms with E-state index in [-0.39, 0.29) is 0 Å². The van der Waals surface area contributed by atoms with E-state index in [4.69, 9.17) is 35.1 Å². The molecule has 0 heterocycles. The van der Waals surface area contributed by atoms with Gasteiger partial charge in [-0.2, -0.15) is 0 Å². The Morgan fingerprint density at radius 3 is 2.29 bits per heavy atom. The largest absolute Gasteiger partial charge is 0.349 e. The molecule has 0 fully saturated rings. The quantitative estimate of drug-likeness (QED) is 0.749. The number of carbonyl (C=O) groups excluding carboxylic acids is 1. The van der Waals surface area contributed by atoms with E-state index in [0.29, 0.717) is 15.6 Å². The van der Waals surface area contributed by atoms with Gasteiger partial charge in [-0.25, -0.2) is 4.79 Å². The van der Waals surface area contributed by atoms with E-state index in [0.717, 1.165) is 0 Å². The van der Waals surface area contributed by atoms with E-state index in [2.05, 4.69) is 4.29 Å². The van der Waals surface area contributed by atoms with Crippen LogP contribution in [-0.4, -0.2) is 5.97 Å². The van der Waals surface area contributed by atoms with E-state index in [1.54, 1.807) is 18.2 Å². The lowest BCUT2D eigenvalue weighted by Gasteiger charge is -1.96. The van der Waals surface area contributed by atoms with Crippen LogP contribution in [0, 0.1) is 0 Å². The average Bonchev–Trinajstić information content (AvgIpc) is 2.12. The molecule has 0 saturated heterocycles. The summed E-state index contributed by atoms with van der Waals surface area (Å²) < 4.78 is 3.91. The van der Waals surface area contributed by atoms with Crippen molar-refractivity contribution in [1.29, 1.82) is 0 Å². The normalized spacial score (nSPS) is 10.5. The van der Waals surface area contributed by atoms with Gasteiger partial charge >= 0.3 is 5.97 Å². The van der Waals surface area contributed by atoms with Crippen LogP contribution in [0.4, 0.5) is 0 Å². The van der Waals surface area contributed by atoms with Gasteiger partial charge in [-0.15, -0.1) is 0 Å². The number of carbonyl (C=O) groups is 1. The van der Waals surface area contributed by atoms with E-state index in [1.807, 2.05) is 0 Å². The van der Waals surface area contributed by atoms with Gasteiger partial charge in [-0.05, 0) is 29.8 Å². The van der Waals surface area contributed by atoms with E-state index < -0.39 is 5.97 Å². The molecular formula is C9H5Cl3O2. The van der Waals surface area contributed by atoms with Gasteiger partial charge in [0.1, 0.15) is 11.9 Å². The van der Waals surface area contributed by atoms with Gasteiger partial charge in [0.05, 0.1) is 0 Å². The Balaban J connectivity index is 2.86. The Labute approximate surface area is 96.2 Å². The maximum absolute atomic E-state index is 10.6. The first kappa shape index (κ1) is 11.4. The number of rotatable bonds is 2. The fourth-order valence-electron chi connectivity index (χ4n) is 0.861. The van der Waals surface area contributed by atoms with Gasteiger partial charge in [0.15, 0.2) is 0 Å². The van der Waals surface area contributed by atoms with Crippen molar-refractivity contribution < 1.29 is 9.08 Å². The maximum Gasteiger partial charge on any atom is 0.349 e. The molecule has 0 radical (unpaired) electrons. The molecule has 0 aromatic heterocycles. The standard InChI is InChI=1S/C9H5Cl3O2/c10-7-3-6(4-8(11)5-7)1-2-9(13)14-12/h1-5H/b2-1+. The maximum atomic E-state index is 10.6. The molecule has 1 rings (SSSR count). The van der Waals surface area contributed by atoms with Crippen LogP contribution in [0.25, 0.3) is 6.08 Å². The fraction of sp³-hybridized carbons (Fsp3) is 0. The number of benzene rings is 1. The number of hydrogen-bond acceptors (Lipinski definition) is 2. The molecular weight excluding hydrogens is 246 g/mol. The Kier molecular flexibility index (Phi) is 4.26. The molecule has 0 unspecified atom stereocenters. The molecule has 0 aliphatic carbocycles. The first-order valence-electron chi connectivity index (χ1n) is 3.58. The first-order chi connectivity index (χ1) is 6.61. The second-order valence-electron chi connectivity index (χ2n) is 2.43. The minimum Gasteiger partial charge on any atom is -0.344 e. The predicted molar refractivity (Wildman–Crippen MR) is 57.4 cm³/mol. The molecule has 1 aromatic rings. The van der Waals surface area contributed by atoms with Crippen molar-refractivity contribution in [3.05, 3.63) is 39.9 Å². The van der Waals surface area contributed by atoms with Crippen LogP contribution in [0.1, 0.15) is 5.56 Å². The zero-order chi connectivity index (χ0) is 10.6. The highest BCUT2D eigenvalue weighted by Gasteiger charge is 1.97. The molecule has 1 aromatic carbocycles. The Morgan fingerprint density at radius 2 is 1.79 bits per heavy atom. The highest BCUT2D eigenvalue weighted by atomic mass is 35.5. The zero-order valence-electron chi connectivity index (χ0n) is 6.84. The second-order valence-corrected chi connectivity index (χ2v) is 3.46. The van der Waals surface area contributed by atoms with Crippen LogP contribution >= 0.6 is 35.1 Å². The van der Waals surface area contributed by atoms with Gasteiger partial charge in [0.2, 0.25) is 0 Å². The van der Waals surface area contributed by atoms with Crippen molar-refractivity contribution in [2.75, 3.05) is 0 Å². The molecule has 0 N–H and O–H groups in total. The summed E-state index contributed by atoms with van der Waals surface area (Å²) >= 11 is 16.3. The summed E-state index contributed by atoms with van der Waals surface area (Å²) in [5.41, 5.74) is 0.699. The van der Waals surface area contributed by atoms with Crippen molar-refractivity contribution in [2.24, 2.45) is 0 Å². The lowest BCUT2D eigenvalue weighted by molar-refractivity contribution is -0.128. The minimum atomic E-state index is -0.650. The van der Waals surface area contributed by atoms with Crippen LogP contribution in [0.3, 0.4) is 0 Å². The van der Waals surface area contributed by atoms with Gasteiger partial charge < -0.3 is 4.29 Å². The zero-order valence-corrected chi connectivity index (χ0v) is 9.10. The molecule has 74 valence electrons. The smallest absolute Gasteiger partial charge is 0.344 e. The highest BCUT2D eigenvalue weighted by Crippen LogP contribution is 2.19. The predicted octanol–water partition coefficient (Wildman–Crippen LogP) is 3.70. The van der Waals surface area contributed by atoms with E-state index in [1.165, 1.54) is 12.2 Å². The summed E-state index contributed by atoms with van der Waals surface area (Å²) in [5, 5.41) is 0.993. The number of halogens is 3. The molecule has 2 nitrogen and oxygen atoms in total. The van der Waals surface area contributed by atoms with Crippen molar-refractivity contribution in [2.45, 2.75) is 0 Å². The molecule has 0 saturated carbocycles. The molecule has 5 heteroatoms. The molecule has 0 spiro atoms. The Morgan fingerprint density at radius 1 is 1.21 bits per heavy atom. The third kappa shape index (κ3) is 3.58. The van der Waals surface area contributed by atoms with Crippen LogP contribution in [0.5, 0.6) is 0 Å². The van der Waals surface area contributed by atoms with Crippen molar-refractivity contribution in [1.82, 2.24) is 0 Å². The lowest BCUT2D eigenvalue weighted by atomic mass is 10.2. The van der Waals surface area contributed by atoms with Gasteiger partial charge in [-0.1, -0.05) is 23.2 Å². The van der Waals surface area contributed by atoms with E-state index in [9.17, 15) is 4.79 Å². The first-order valence-corrected chi connectivity index (χ1v) is 4.65. The van der Waals surface area contributed by atoms with Crippen LogP contribution in [-0.2, 0) is 9.08 Å². The Hall–Kier alpha value is -0.700. The third-order valence-corrected chi connectivity index (χ3v) is 1.96. The van der Waals surface area contributed by atoms with Crippen molar-refractivity contribution in [3.63, 3.8) is 0 Å². The lowest BCUT2D eigenvalue weighted by Crippen LogP contribution is -1.88. The summed E-state index contributed by atoms with van der Waals surface area (Å²) in [6.07, 6.45) is 2.68. The Bertz CT molecular complexity index is 354. The average molecular weight is 251 g/mol. The van der Waals surface area contributed by atoms with Crippen LogP contribution in [0.2, 0.25) is 10.0 Å². The summed E-state index contributed by atoms with van der Waals surface area (Å²) in [6, 6.07) is 4.91. The fourth-order valence-corrected chi connectivity index (χ4v) is 1.46. The molecule has 0 atom stereocenters. The molecule has 14 heavy (non-hydrogen) atoms. The number of hydrogen-bond donors (Lipinski definition) is 0. The third-order valence-electron chi connectivity index (χ3n) is 1.37. The highest BCUT2D eigenvalue weighted by molar-refractivity contribution is 6.34. The summed E-state index contributed by atoms with van der Waals surface area (Å²) in [5.74, 6) is -0.650. The monoisotopic (exact) mass is 250 g/mol.